The Morgan fingerprint density at radius 3 is 2.45 bits per heavy atom. The molecule has 0 heterocycles. The summed E-state index contributed by atoms with van der Waals surface area (Å²) < 4.78 is 4.50. The van der Waals surface area contributed by atoms with Crippen molar-refractivity contribution in [1.29, 1.82) is 0 Å². The van der Waals surface area contributed by atoms with Crippen LogP contribution in [0.3, 0.4) is 0 Å². The molecule has 1 atom stereocenters. The highest BCUT2D eigenvalue weighted by atomic mass is 35.5. The molecular formula is C7H14ClNO2. The minimum atomic E-state index is -0.239. The van der Waals surface area contributed by atoms with Crippen LogP contribution < -0.4 is 4.84 Å². The monoisotopic (exact) mass is 179 g/mol. The van der Waals surface area contributed by atoms with Gasteiger partial charge >= 0.3 is 5.97 Å². The van der Waals surface area contributed by atoms with Crippen molar-refractivity contribution in [3.63, 3.8) is 0 Å². The Kier molecular flexibility index (Phi) is 5.24. The molecule has 0 aliphatic heterocycles. The van der Waals surface area contributed by atoms with E-state index in [0.29, 0.717) is 12.3 Å². The second kappa shape index (κ2) is 5.38. The van der Waals surface area contributed by atoms with Gasteiger partial charge in [-0.25, -0.2) is 4.84 Å². The number of hydrogen-bond acceptors (Lipinski definition) is 3. The summed E-state index contributed by atoms with van der Waals surface area (Å²) in [7, 11) is 1.37. The van der Waals surface area contributed by atoms with Crippen molar-refractivity contribution in [3.8, 4) is 0 Å². The Morgan fingerprint density at radius 2 is 2.18 bits per heavy atom. The second-order valence-electron chi connectivity index (χ2n) is 2.74. The van der Waals surface area contributed by atoms with Gasteiger partial charge in [-0.1, -0.05) is 13.8 Å². The first-order chi connectivity index (χ1) is 5.11. The highest BCUT2D eigenvalue weighted by Gasteiger charge is 2.16. The predicted octanol–water partition coefficient (Wildman–Crippen LogP) is 1.32. The molecule has 0 spiro atoms. The average molecular weight is 180 g/mol. The molecule has 11 heavy (non-hydrogen) atoms. The predicted molar refractivity (Wildman–Crippen MR) is 44.2 cm³/mol. The summed E-state index contributed by atoms with van der Waals surface area (Å²) in [4.78, 5) is 13.3. The van der Waals surface area contributed by atoms with Gasteiger partial charge in [-0.05, 0) is 17.7 Å². The average Bonchev–Trinajstić information content (AvgIpc) is 1.99. The molecule has 0 aromatic heterocycles. The summed E-state index contributed by atoms with van der Waals surface area (Å²) in [6.45, 7) is 3.98. The van der Waals surface area contributed by atoms with E-state index in [1.54, 1.807) is 0 Å². The maximum absolute atomic E-state index is 10.8. The van der Waals surface area contributed by atoms with Gasteiger partial charge in [0, 0.05) is 6.04 Å². The van der Waals surface area contributed by atoms with Crippen molar-refractivity contribution in [2.45, 2.75) is 26.3 Å². The molecule has 0 bridgehead atoms. The number of esters is 1. The van der Waals surface area contributed by atoms with Gasteiger partial charge in [0.2, 0.25) is 0 Å². The van der Waals surface area contributed by atoms with Gasteiger partial charge in [-0.3, -0.25) is 4.79 Å². The lowest BCUT2D eigenvalue weighted by molar-refractivity contribution is -0.141. The van der Waals surface area contributed by atoms with E-state index in [4.69, 9.17) is 11.8 Å². The molecule has 0 aliphatic rings. The molecule has 4 heteroatoms. The molecule has 66 valence electrons. The first kappa shape index (κ1) is 10.7. The Bertz CT molecular complexity index is 128. The first-order valence-corrected chi connectivity index (χ1v) is 3.92. The molecule has 0 aromatic carbocycles. The summed E-state index contributed by atoms with van der Waals surface area (Å²) in [5.74, 6) is 0.0865. The Balaban J connectivity index is 3.78. The summed E-state index contributed by atoms with van der Waals surface area (Å²) in [5.41, 5.74) is 0. The van der Waals surface area contributed by atoms with Crippen LogP contribution in [0.1, 0.15) is 20.3 Å². The minimum Gasteiger partial charge on any atom is -0.469 e. The van der Waals surface area contributed by atoms with Crippen molar-refractivity contribution in [3.05, 3.63) is 0 Å². The third kappa shape index (κ3) is 4.22. The molecule has 1 N–H and O–H groups in total. The Labute approximate surface area is 72.2 Å². The van der Waals surface area contributed by atoms with E-state index < -0.39 is 0 Å². The van der Waals surface area contributed by atoms with E-state index in [-0.39, 0.29) is 12.0 Å². The highest BCUT2D eigenvalue weighted by Crippen LogP contribution is 2.07. The van der Waals surface area contributed by atoms with Crippen molar-refractivity contribution >= 4 is 17.7 Å². The standard InChI is InChI=1S/C7H14ClNO2/c1-5(2)6(9-8)4-7(10)11-3/h5-6,9H,4H2,1-3H3/t6-/m1/s1. The molecule has 3 nitrogen and oxygen atoms in total. The quantitative estimate of drug-likeness (QED) is 0.523. The molecule has 0 aliphatic carbocycles. The molecule has 0 saturated carbocycles. The SMILES string of the molecule is COC(=O)C[C@@H](NCl)C(C)C. The maximum Gasteiger partial charge on any atom is 0.307 e. The molecule has 0 saturated heterocycles. The van der Waals surface area contributed by atoms with Crippen LogP contribution in [0.25, 0.3) is 0 Å². The number of methoxy groups -OCH3 is 1. The Hall–Kier alpha value is -0.280. The zero-order valence-corrected chi connectivity index (χ0v) is 7.81. The van der Waals surface area contributed by atoms with Crippen molar-refractivity contribution in [2.75, 3.05) is 7.11 Å². The number of carbonyl (C=O) groups is 1. The first-order valence-electron chi connectivity index (χ1n) is 3.54. The van der Waals surface area contributed by atoms with Gasteiger partial charge in [-0.15, -0.1) is 0 Å². The smallest absolute Gasteiger partial charge is 0.307 e. The summed E-state index contributed by atoms with van der Waals surface area (Å²) >= 11 is 5.41. The third-order valence-corrected chi connectivity index (χ3v) is 1.84. The van der Waals surface area contributed by atoms with Crippen LogP contribution in [0.2, 0.25) is 0 Å². The van der Waals surface area contributed by atoms with Crippen LogP contribution in [0, 0.1) is 5.92 Å². The van der Waals surface area contributed by atoms with Crippen LogP contribution >= 0.6 is 11.8 Å². The number of nitrogens with one attached hydrogen (secondary N) is 1. The minimum absolute atomic E-state index is 0.0101. The van der Waals surface area contributed by atoms with E-state index in [1.807, 2.05) is 13.8 Å². The highest BCUT2D eigenvalue weighted by molar-refractivity contribution is 6.13. The number of rotatable bonds is 4. The number of halogens is 1. The molecule has 0 aromatic rings. The van der Waals surface area contributed by atoms with E-state index in [1.165, 1.54) is 7.11 Å². The van der Waals surface area contributed by atoms with Gasteiger partial charge in [0.1, 0.15) is 0 Å². The number of ether oxygens (including phenoxy) is 1. The lowest BCUT2D eigenvalue weighted by Gasteiger charge is -2.16. The Morgan fingerprint density at radius 1 is 1.64 bits per heavy atom. The van der Waals surface area contributed by atoms with E-state index in [0.717, 1.165) is 0 Å². The van der Waals surface area contributed by atoms with E-state index in [9.17, 15) is 4.79 Å². The second-order valence-corrected chi connectivity index (χ2v) is 2.96. The fourth-order valence-corrected chi connectivity index (χ4v) is 0.992. The number of hydrogen-bond donors (Lipinski definition) is 1. The molecule has 0 amide bonds. The molecule has 0 radical (unpaired) electrons. The fraction of sp³-hybridized carbons (Fsp3) is 0.857. The summed E-state index contributed by atoms with van der Waals surface area (Å²) in [6.07, 6.45) is 0.317. The van der Waals surface area contributed by atoms with Crippen LogP contribution in [0.4, 0.5) is 0 Å². The molecule has 0 fully saturated rings. The fourth-order valence-electron chi connectivity index (χ4n) is 0.663. The van der Waals surface area contributed by atoms with Gasteiger partial charge in [-0.2, -0.15) is 0 Å². The third-order valence-electron chi connectivity index (χ3n) is 1.56. The van der Waals surface area contributed by atoms with Gasteiger partial charge < -0.3 is 4.74 Å². The zero-order chi connectivity index (χ0) is 8.85. The molecule has 0 rings (SSSR count). The van der Waals surface area contributed by atoms with Gasteiger partial charge in [0.15, 0.2) is 0 Å². The normalized spacial score (nSPS) is 13.2. The molecular weight excluding hydrogens is 166 g/mol. The van der Waals surface area contributed by atoms with E-state index in [2.05, 4.69) is 9.57 Å². The lowest BCUT2D eigenvalue weighted by Crippen LogP contribution is -2.30. The van der Waals surface area contributed by atoms with Crippen LogP contribution in [0.5, 0.6) is 0 Å². The topological polar surface area (TPSA) is 38.3 Å². The summed E-state index contributed by atoms with van der Waals surface area (Å²) in [6, 6.07) is -0.0101. The summed E-state index contributed by atoms with van der Waals surface area (Å²) in [5, 5.41) is 0. The lowest BCUT2D eigenvalue weighted by atomic mass is 10.0. The van der Waals surface area contributed by atoms with Crippen LogP contribution in [-0.2, 0) is 9.53 Å². The van der Waals surface area contributed by atoms with Crippen molar-refractivity contribution in [2.24, 2.45) is 5.92 Å². The van der Waals surface area contributed by atoms with Gasteiger partial charge in [0.25, 0.3) is 0 Å². The van der Waals surface area contributed by atoms with Crippen molar-refractivity contribution < 1.29 is 9.53 Å². The van der Waals surface area contributed by atoms with Gasteiger partial charge in [0.05, 0.1) is 13.5 Å². The van der Waals surface area contributed by atoms with Crippen molar-refractivity contribution in [1.82, 2.24) is 4.84 Å². The zero-order valence-electron chi connectivity index (χ0n) is 7.06. The largest absolute Gasteiger partial charge is 0.469 e. The number of carbonyl (C=O) groups excluding carboxylic acids is 1. The van der Waals surface area contributed by atoms with Crippen LogP contribution in [-0.4, -0.2) is 19.1 Å². The maximum atomic E-state index is 10.8. The van der Waals surface area contributed by atoms with E-state index >= 15 is 0 Å². The molecule has 0 unspecified atom stereocenters. The van der Waals surface area contributed by atoms with Crippen LogP contribution in [0.15, 0.2) is 0 Å².